The number of ether oxygens (including phenoxy) is 1. The number of morpholine rings is 1. The van der Waals surface area contributed by atoms with Crippen molar-refractivity contribution >= 4 is 40.6 Å². The first kappa shape index (κ1) is 19.4. The van der Waals surface area contributed by atoms with E-state index in [0.29, 0.717) is 31.1 Å². The van der Waals surface area contributed by atoms with Crippen molar-refractivity contribution in [1.29, 1.82) is 0 Å². The van der Waals surface area contributed by atoms with Crippen LogP contribution in [0, 0.1) is 6.92 Å². The van der Waals surface area contributed by atoms with Crippen LogP contribution in [0.1, 0.15) is 14.5 Å². The molecule has 152 valence electrons. The van der Waals surface area contributed by atoms with Gasteiger partial charge in [0.15, 0.2) is 0 Å². The molecule has 1 aromatic heterocycles. The fraction of sp³-hybridized carbons (Fsp3) is 0.350. The van der Waals surface area contributed by atoms with E-state index in [1.54, 1.807) is 15.9 Å². The van der Waals surface area contributed by atoms with Crippen molar-refractivity contribution in [1.82, 2.24) is 10.6 Å². The fourth-order valence-electron chi connectivity index (χ4n) is 3.40. The topological polar surface area (TPSA) is 91.0 Å². The van der Waals surface area contributed by atoms with Crippen LogP contribution in [0.25, 0.3) is 0 Å². The molecule has 2 aliphatic rings. The molecule has 0 aliphatic carbocycles. The molecule has 29 heavy (non-hydrogen) atoms. The number of urea groups is 1. The Labute approximate surface area is 172 Å². The van der Waals surface area contributed by atoms with Gasteiger partial charge in [0.2, 0.25) is 0 Å². The zero-order valence-electron chi connectivity index (χ0n) is 16.0. The number of hydrogen-bond donors (Lipinski definition) is 2. The molecule has 2 fully saturated rings. The molecule has 2 aliphatic heterocycles. The Morgan fingerprint density at radius 1 is 1.17 bits per heavy atom. The average molecular weight is 414 g/mol. The van der Waals surface area contributed by atoms with E-state index in [1.807, 2.05) is 37.3 Å². The van der Waals surface area contributed by atoms with Gasteiger partial charge in [-0.25, -0.2) is 4.79 Å². The number of hydrogen-bond acceptors (Lipinski definition) is 5. The Morgan fingerprint density at radius 3 is 2.55 bits per heavy atom. The number of carbonyl (C=O) groups excluding carboxylic acids is 3. The summed E-state index contributed by atoms with van der Waals surface area (Å²) in [5.41, 5.74) is 1.53. The zero-order chi connectivity index (χ0) is 20.4. The van der Waals surface area contributed by atoms with Gasteiger partial charge in [0.1, 0.15) is 6.61 Å². The predicted molar refractivity (Wildman–Crippen MR) is 111 cm³/mol. The van der Waals surface area contributed by atoms with Crippen LogP contribution in [0.4, 0.5) is 16.2 Å². The second-order valence-electron chi connectivity index (χ2n) is 6.99. The molecule has 0 saturated carbocycles. The van der Waals surface area contributed by atoms with E-state index in [1.165, 1.54) is 11.3 Å². The molecule has 9 heteroatoms. The van der Waals surface area contributed by atoms with Crippen LogP contribution >= 0.6 is 11.3 Å². The molecule has 0 spiro atoms. The fourth-order valence-corrected chi connectivity index (χ4v) is 4.19. The first-order chi connectivity index (χ1) is 14.0. The standard InChI is InChI=1S/C20H22N4O4S/c1-13-2-7-17(29-13)19(26)21-10-14-11-24(20(27)22-14)16-5-3-15(4-6-16)23-8-9-28-12-18(23)25/h2-7,14H,8-12H2,1H3,(H,21,26)(H,22,27). The van der Waals surface area contributed by atoms with E-state index >= 15 is 0 Å². The molecular formula is C20H22N4O4S. The highest BCUT2D eigenvalue weighted by molar-refractivity contribution is 7.13. The third kappa shape index (κ3) is 4.25. The lowest BCUT2D eigenvalue weighted by Gasteiger charge is -2.27. The second kappa shape index (κ2) is 8.22. The Hall–Kier alpha value is -2.91. The summed E-state index contributed by atoms with van der Waals surface area (Å²) in [6.45, 7) is 3.90. The number of benzene rings is 1. The van der Waals surface area contributed by atoms with Gasteiger partial charge in [-0.1, -0.05) is 0 Å². The molecular weight excluding hydrogens is 392 g/mol. The van der Waals surface area contributed by atoms with Crippen LogP contribution in [0.2, 0.25) is 0 Å². The lowest BCUT2D eigenvalue weighted by molar-refractivity contribution is -0.125. The highest BCUT2D eigenvalue weighted by Crippen LogP contribution is 2.24. The van der Waals surface area contributed by atoms with Crippen molar-refractivity contribution in [2.75, 3.05) is 42.6 Å². The Kier molecular flexibility index (Phi) is 5.50. The van der Waals surface area contributed by atoms with Gasteiger partial charge in [0.05, 0.1) is 17.5 Å². The van der Waals surface area contributed by atoms with Gasteiger partial charge in [-0.3, -0.25) is 14.5 Å². The molecule has 2 aromatic rings. The number of aryl methyl sites for hydroxylation is 1. The number of thiophene rings is 1. The van der Waals surface area contributed by atoms with E-state index < -0.39 is 0 Å². The van der Waals surface area contributed by atoms with Crippen LogP contribution in [-0.4, -0.2) is 56.7 Å². The van der Waals surface area contributed by atoms with Crippen molar-refractivity contribution in [3.8, 4) is 0 Å². The summed E-state index contributed by atoms with van der Waals surface area (Å²) >= 11 is 1.44. The van der Waals surface area contributed by atoms with E-state index in [0.717, 1.165) is 16.3 Å². The maximum Gasteiger partial charge on any atom is 0.322 e. The smallest absolute Gasteiger partial charge is 0.322 e. The first-order valence-corrected chi connectivity index (χ1v) is 10.2. The van der Waals surface area contributed by atoms with Gasteiger partial charge in [-0.2, -0.15) is 0 Å². The SMILES string of the molecule is Cc1ccc(C(=O)NCC2CN(c3ccc(N4CCOCC4=O)cc3)C(=O)N2)s1. The maximum atomic E-state index is 12.4. The van der Waals surface area contributed by atoms with E-state index in [9.17, 15) is 14.4 Å². The lowest BCUT2D eigenvalue weighted by atomic mass is 10.2. The van der Waals surface area contributed by atoms with E-state index in [4.69, 9.17) is 4.74 Å². The van der Waals surface area contributed by atoms with Crippen molar-refractivity contribution in [3.05, 3.63) is 46.2 Å². The summed E-state index contributed by atoms with van der Waals surface area (Å²) in [4.78, 5) is 41.6. The molecule has 8 nitrogen and oxygen atoms in total. The Balaban J connectivity index is 1.35. The Morgan fingerprint density at radius 2 is 1.90 bits per heavy atom. The maximum absolute atomic E-state index is 12.4. The minimum atomic E-state index is -0.202. The highest BCUT2D eigenvalue weighted by atomic mass is 32.1. The molecule has 2 saturated heterocycles. The normalized spacial score (nSPS) is 19.4. The molecule has 3 heterocycles. The summed E-state index contributed by atoms with van der Waals surface area (Å²) in [6, 6.07) is 10.7. The van der Waals surface area contributed by atoms with E-state index in [-0.39, 0.29) is 30.5 Å². The summed E-state index contributed by atoms with van der Waals surface area (Å²) in [5, 5.41) is 5.77. The first-order valence-electron chi connectivity index (χ1n) is 9.42. The number of anilines is 2. The van der Waals surface area contributed by atoms with Crippen molar-refractivity contribution in [2.45, 2.75) is 13.0 Å². The number of rotatable bonds is 5. The van der Waals surface area contributed by atoms with Gasteiger partial charge < -0.3 is 20.3 Å². The van der Waals surface area contributed by atoms with Gasteiger partial charge in [0.25, 0.3) is 11.8 Å². The van der Waals surface area contributed by atoms with Gasteiger partial charge in [-0.15, -0.1) is 11.3 Å². The van der Waals surface area contributed by atoms with Crippen molar-refractivity contribution < 1.29 is 19.1 Å². The van der Waals surface area contributed by atoms with Crippen LogP contribution in [0.3, 0.4) is 0 Å². The number of nitrogens with zero attached hydrogens (tertiary/aromatic N) is 2. The monoisotopic (exact) mass is 414 g/mol. The van der Waals surface area contributed by atoms with Crippen LogP contribution in [0.5, 0.6) is 0 Å². The van der Waals surface area contributed by atoms with Crippen LogP contribution in [0.15, 0.2) is 36.4 Å². The minimum absolute atomic E-state index is 0.0698. The molecule has 1 atom stereocenters. The molecule has 1 aromatic carbocycles. The largest absolute Gasteiger partial charge is 0.370 e. The van der Waals surface area contributed by atoms with Crippen LogP contribution in [-0.2, 0) is 9.53 Å². The highest BCUT2D eigenvalue weighted by Gasteiger charge is 2.30. The summed E-state index contributed by atoms with van der Waals surface area (Å²) in [6.07, 6.45) is 0. The van der Waals surface area contributed by atoms with Gasteiger partial charge >= 0.3 is 6.03 Å². The molecule has 1 unspecified atom stereocenters. The molecule has 4 amide bonds. The molecule has 2 N–H and O–H groups in total. The minimum Gasteiger partial charge on any atom is -0.370 e. The third-order valence-electron chi connectivity index (χ3n) is 4.91. The van der Waals surface area contributed by atoms with Gasteiger partial charge in [-0.05, 0) is 43.3 Å². The number of nitrogens with one attached hydrogen (secondary N) is 2. The summed E-state index contributed by atoms with van der Waals surface area (Å²) < 4.78 is 5.15. The summed E-state index contributed by atoms with van der Waals surface area (Å²) in [5.74, 6) is -0.199. The molecule has 0 radical (unpaired) electrons. The molecule has 4 rings (SSSR count). The zero-order valence-corrected chi connectivity index (χ0v) is 16.8. The van der Waals surface area contributed by atoms with Crippen LogP contribution < -0.4 is 20.4 Å². The van der Waals surface area contributed by atoms with Crippen molar-refractivity contribution in [3.63, 3.8) is 0 Å². The molecule has 0 bridgehead atoms. The van der Waals surface area contributed by atoms with E-state index in [2.05, 4.69) is 10.6 Å². The quantitative estimate of drug-likeness (QED) is 0.780. The van der Waals surface area contributed by atoms with Gasteiger partial charge in [0, 0.05) is 35.9 Å². The third-order valence-corrected chi connectivity index (χ3v) is 5.91. The average Bonchev–Trinajstić information content (AvgIpc) is 3.32. The Bertz CT molecular complexity index is 927. The predicted octanol–water partition coefficient (Wildman–Crippen LogP) is 1.75. The lowest BCUT2D eigenvalue weighted by Crippen LogP contribution is -2.41. The second-order valence-corrected chi connectivity index (χ2v) is 8.28. The number of amides is 4. The van der Waals surface area contributed by atoms with Crippen molar-refractivity contribution in [2.24, 2.45) is 0 Å². The summed E-state index contributed by atoms with van der Waals surface area (Å²) in [7, 11) is 0. The number of carbonyl (C=O) groups is 3.